The van der Waals surface area contributed by atoms with Gasteiger partial charge in [-0.1, -0.05) is 0 Å². The number of aromatic nitrogens is 10. The largest absolute Gasteiger partial charge is 0.420 e. The van der Waals surface area contributed by atoms with Crippen molar-refractivity contribution in [3.05, 3.63) is 70.7 Å². The van der Waals surface area contributed by atoms with Crippen LogP contribution < -0.4 is 10.6 Å². The molecule has 70 heavy (non-hydrogen) atoms. The Hall–Kier alpha value is -5.38. The lowest BCUT2D eigenvalue weighted by atomic mass is 9.87. The maximum atomic E-state index is 15.5. The Kier molecular flexibility index (Phi) is 13.4. The van der Waals surface area contributed by atoms with E-state index in [4.69, 9.17) is 0 Å². The van der Waals surface area contributed by atoms with E-state index in [0.717, 1.165) is 47.2 Å². The first-order chi connectivity index (χ1) is 32.6. The predicted molar refractivity (Wildman–Crippen MR) is 233 cm³/mol. The Morgan fingerprint density at radius 1 is 0.614 bits per heavy atom. The molecule has 2 fully saturated rings. The second kappa shape index (κ2) is 18.3. The van der Waals surface area contributed by atoms with Gasteiger partial charge in [0.1, 0.15) is 54.5 Å². The van der Waals surface area contributed by atoms with Crippen molar-refractivity contribution in [1.29, 1.82) is 0 Å². The Labute approximate surface area is 400 Å². The number of thiazole rings is 2. The standard InChI is InChI=1S/C38H40F8N14O6S4/c1-35(61,31-47-13-27(67-31)29-21(37(41,42)43)11-49-33(55-29)53-25-5-7-59(17-23(25)39)69(63,64)19-9-51-57(3)15-19)36(2,62)32-48-14-28(68-32)30-22(38(44,45)46)12-50-34(56-30)54-26-6-8-60(18-24(26)40)70(65,66)20-10-52-58(4)16-20/h9-16,23-26,61-62H,5-8,17-18H2,1-4H3,(H,49,53,55)(H,50,54,56)/t23-,24+,25+,26-,35?,36?. The minimum atomic E-state index is -5.04. The highest BCUT2D eigenvalue weighted by molar-refractivity contribution is 7.89. The van der Waals surface area contributed by atoms with Crippen molar-refractivity contribution in [3.8, 4) is 21.1 Å². The second-order valence-corrected chi connectivity index (χ2v) is 22.6. The molecule has 2 aliphatic heterocycles. The monoisotopic (exact) mass is 1070 g/mol. The van der Waals surface area contributed by atoms with Crippen molar-refractivity contribution >= 4 is 54.6 Å². The molecule has 2 unspecified atom stereocenters. The first-order valence-electron chi connectivity index (χ1n) is 20.6. The third kappa shape index (κ3) is 9.82. The molecule has 2 saturated heterocycles. The van der Waals surface area contributed by atoms with Crippen LogP contribution in [-0.4, -0.2) is 136 Å². The van der Waals surface area contributed by atoms with Crippen molar-refractivity contribution in [2.75, 3.05) is 36.8 Å². The number of anilines is 2. The Morgan fingerprint density at radius 2 is 0.986 bits per heavy atom. The average Bonchev–Trinajstić information content (AvgIpc) is 4.13. The van der Waals surface area contributed by atoms with E-state index in [9.17, 15) is 53.4 Å². The lowest BCUT2D eigenvalue weighted by molar-refractivity contribution is -0.143. The number of halogens is 8. The average molecular weight is 1070 g/mol. The first-order valence-corrected chi connectivity index (χ1v) is 25.1. The molecule has 0 aromatic carbocycles. The lowest BCUT2D eigenvalue weighted by Gasteiger charge is -2.35. The number of rotatable bonds is 13. The van der Waals surface area contributed by atoms with Gasteiger partial charge >= 0.3 is 12.4 Å². The fourth-order valence-electron chi connectivity index (χ4n) is 7.54. The van der Waals surface area contributed by atoms with Crippen LogP contribution in [0.3, 0.4) is 0 Å². The molecule has 0 saturated carbocycles. The number of alkyl halides is 8. The molecule has 4 N–H and O–H groups in total. The molecule has 2 aliphatic rings. The molecule has 378 valence electrons. The molecule has 20 nitrogen and oxygen atoms in total. The van der Waals surface area contributed by atoms with Gasteiger partial charge in [0.05, 0.1) is 45.6 Å². The lowest BCUT2D eigenvalue weighted by Crippen LogP contribution is -2.50. The van der Waals surface area contributed by atoms with E-state index in [0.29, 0.717) is 35.1 Å². The topological polar surface area (TPSA) is 252 Å². The molecule has 6 atom stereocenters. The van der Waals surface area contributed by atoms with E-state index in [1.807, 2.05) is 0 Å². The van der Waals surface area contributed by atoms with Crippen LogP contribution in [0.2, 0.25) is 0 Å². The van der Waals surface area contributed by atoms with Gasteiger partial charge in [0.25, 0.3) is 0 Å². The van der Waals surface area contributed by atoms with Gasteiger partial charge < -0.3 is 20.8 Å². The molecule has 0 radical (unpaired) electrons. The summed E-state index contributed by atoms with van der Waals surface area (Å²) in [5.41, 5.74) is -9.22. The quantitative estimate of drug-likeness (QED) is 0.116. The fourth-order valence-corrected chi connectivity index (χ4v) is 12.6. The minimum absolute atomic E-state index is 0.127. The Morgan fingerprint density at radius 3 is 1.30 bits per heavy atom. The zero-order chi connectivity index (χ0) is 50.9. The third-order valence-electron chi connectivity index (χ3n) is 11.7. The van der Waals surface area contributed by atoms with E-state index in [2.05, 4.69) is 50.7 Å². The van der Waals surface area contributed by atoms with Gasteiger partial charge in [-0.3, -0.25) is 9.36 Å². The SMILES string of the molecule is Cn1cc(S(=O)(=O)N2CC[C@H](Nc3ncc(C(F)(F)F)c(-c4cnc(C(C)(O)C(C)(O)c5ncc(-c6nc(N[C@@H]7CCN(S(=O)(=O)c8cnn(C)c8)C[C@@H]7F)ncc6C(F)(F)F)s5)s4)n3)[C@H](F)C2)cn1. The molecule has 0 amide bonds. The normalized spacial score (nSPS) is 21.9. The summed E-state index contributed by atoms with van der Waals surface area (Å²) in [5.74, 6) is -0.904. The van der Waals surface area contributed by atoms with Crippen LogP contribution in [0.5, 0.6) is 0 Å². The summed E-state index contributed by atoms with van der Waals surface area (Å²) in [6.45, 7) is 0.580. The van der Waals surface area contributed by atoms with Crippen LogP contribution >= 0.6 is 22.7 Å². The van der Waals surface area contributed by atoms with Crippen LogP contribution in [0.4, 0.5) is 47.0 Å². The second-order valence-electron chi connectivity index (χ2n) is 16.6. The summed E-state index contributed by atoms with van der Waals surface area (Å²) in [4.78, 5) is 22.7. The molecule has 0 aliphatic carbocycles. The van der Waals surface area contributed by atoms with Gasteiger partial charge in [-0.2, -0.15) is 45.2 Å². The highest BCUT2D eigenvalue weighted by atomic mass is 32.2. The van der Waals surface area contributed by atoms with E-state index in [1.165, 1.54) is 35.9 Å². The summed E-state index contributed by atoms with van der Waals surface area (Å²) in [6.07, 6.45) is -6.57. The van der Waals surface area contributed by atoms with Gasteiger partial charge in [-0.25, -0.2) is 55.5 Å². The van der Waals surface area contributed by atoms with Gasteiger partial charge in [-0.15, -0.1) is 22.7 Å². The van der Waals surface area contributed by atoms with Crippen LogP contribution in [0, 0.1) is 0 Å². The zero-order valence-electron chi connectivity index (χ0n) is 36.7. The summed E-state index contributed by atoms with van der Waals surface area (Å²) >= 11 is 0.933. The Bertz CT molecular complexity index is 2920. The van der Waals surface area contributed by atoms with Crippen molar-refractivity contribution < 1.29 is 62.2 Å². The maximum absolute atomic E-state index is 15.5. The van der Waals surface area contributed by atoms with Gasteiger partial charge in [0, 0.05) is 77.5 Å². The molecule has 8 heterocycles. The molecule has 8 rings (SSSR count). The molecule has 0 bridgehead atoms. The van der Waals surface area contributed by atoms with Crippen LogP contribution in [0.25, 0.3) is 21.1 Å². The molecule has 0 spiro atoms. The van der Waals surface area contributed by atoms with Gasteiger partial charge in [0.15, 0.2) is 0 Å². The molecule has 6 aromatic heterocycles. The summed E-state index contributed by atoms with van der Waals surface area (Å²) in [6, 6.07) is -2.26. The van der Waals surface area contributed by atoms with Gasteiger partial charge in [0.2, 0.25) is 31.9 Å². The molecule has 6 aromatic rings. The number of hydrogen-bond donors (Lipinski definition) is 4. The number of aryl methyl sites for hydroxylation is 2. The Balaban J connectivity index is 1.01. The van der Waals surface area contributed by atoms with Crippen molar-refractivity contribution in [3.63, 3.8) is 0 Å². The smallest absolute Gasteiger partial charge is 0.379 e. The van der Waals surface area contributed by atoms with Crippen molar-refractivity contribution in [2.45, 2.75) is 84.5 Å². The first kappa shape index (κ1) is 51.0. The summed E-state index contributed by atoms with van der Waals surface area (Å²) in [5, 5.41) is 35.9. The van der Waals surface area contributed by atoms with E-state index >= 15 is 8.78 Å². The van der Waals surface area contributed by atoms with E-state index in [1.54, 1.807) is 0 Å². The van der Waals surface area contributed by atoms with Crippen molar-refractivity contribution in [1.82, 2.24) is 58.1 Å². The predicted octanol–water partition coefficient (Wildman–Crippen LogP) is 4.56. The number of nitrogens with one attached hydrogen (secondary N) is 2. The number of aliphatic hydroxyl groups is 2. The number of piperidine rings is 2. The molecular weight excluding hydrogens is 1030 g/mol. The van der Waals surface area contributed by atoms with Crippen LogP contribution in [0.1, 0.15) is 47.8 Å². The summed E-state index contributed by atoms with van der Waals surface area (Å²) < 4.78 is 174. The maximum Gasteiger partial charge on any atom is 0.420 e. The van der Waals surface area contributed by atoms with Crippen molar-refractivity contribution in [2.24, 2.45) is 14.1 Å². The minimum Gasteiger partial charge on any atom is -0.379 e. The van der Waals surface area contributed by atoms with E-state index < -0.39 is 116 Å². The highest BCUT2D eigenvalue weighted by Crippen LogP contribution is 2.47. The third-order valence-corrected chi connectivity index (χ3v) is 17.8. The summed E-state index contributed by atoms with van der Waals surface area (Å²) in [7, 11) is -5.20. The fraction of sp³-hybridized carbons (Fsp3) is 0.474. The zero-order valence-corrected chi connectivity index (χ0v) is 40.0. The molecular formula is C38H40F8N14O6S4. The number of sulfonamides is 2. The number of nitrogens with zero attached hydrogens (tertiary/aromatic N) is 12. The highest BCUT2D eigenvalue weighted by Gasteiger charge is 2.50. The van der Waals surface area contributed by atoms with Gasteiger partial charge in [-0.05, 0) is 26.7 Å². The van der Waals surface area contributed by atoms with Crippen LogP contribution in [-0.2, 0) is 57.7 Å². The number of hydrogen-bond acceptors (Lipinski definition) is 18. The van der Waals surface area contributed by atoms with Crippen LogP contribution in [0.15, 0.2) is 59.4 Å². The van der Waals surface area contributed by atoms with E-state index in [-0.39, 0.29) is 55.5 Å². The molecule has 32 heteroatoms.